The van der Waals surface area contributed by atoms with E-state index in [9.17, 15) is 14.4 Å². The monoisotopic (exact) mass is 353 g/mol. The number of nitrogens with one attached hydrogen (secondary N) is 1. The summed E-state index contributed by atoms with van der Waals surface area (Å²) >= 11 is 0. The van der Waals surface area contributed by atoms with Crippen LogP contribution >= 0.6 is 0 Å². The molecule has 0 radical (unpaired) electrons. The first-order valence-corrected chi connectivity index (χ1v) is 9.32. The smallest absolute Gasteiger partial charge is 0.307 e. The molecule has 142 valence electrons. The molecule has 0 aromatic rings. The summed E-state index contributed by atoms with van der Waals surface area (Å²) in [5, 5.41) is 2.78. The van der Waals surface area contributed by atoms with Crippen molar-refractivity contribution in [2.24, 2.45) is 11.8 Å². The quantitative estimate of drug-likeness (QED) is 0.709. The van der Waals surface area contributed by atoms with E-state index in [0.29, 0.717) is 25.6 Å². The molecule has 0 spiro atoms. The van der Waals surface area contributed by atoms with Crippen molar-refractivity contribution in [3.63, 3.8) is 0 Å². The Bertz CT molecular complexity index is 487. The zero-order chi connectivity index (χ0) is 18.4. The highest BCUT2D eigenvalue weighted by Gasteiger charge is 2.34. The third-order valence-corrected chi connectivity index (χ3v) is 4.85. The average Bonchev–Trinajstić information content (AvgIpc) is 2.56. The van der Waals surface area contributed by atoms with Gasteiger partial charge in [0, 0.05) is 26.2 Å². The van der Waals surface area contributed by atoms with Gasteiger partial charge in [-0.1, -0.05) is 20.8 Å². The number of likely N-dealkylation sites (tertiary alicyclic amines) is 1. The Balaban J connectivity index is 1.90. The summed E-state index contributed by atoms with van der Waals surface area (Å²) in [7, 11) is 0. The molecular weight excluding hydrogens is 322 g/mol. The van der Waals surface area contributed by atoms with E-state index in [1.807, 2.05) is 23.6 Å². The highest BCUT2D eigenvalue weighted by Crippen LogP contribution is 2.17. The molecule has 2 amide bonds. The van der Waals surface area contributed by atoms with Gasteiger partial charge in [0.15, 0.2) is 0 Å². The third kappa shape index (κ3) is 5.99. The molecule has 2 aliphatic rings. The lowest BCUT2D eigenvalue weighted by molar-refractivity contribution is -0.150. The van der Waals surface area contributed by atoms with Crippen LogP contribution in [0.3, 0.4) is 0 Å². The Morgan fingerprint density at radius 1 is 1.24 bits per heavy atom. The first-order chi connectivity index (χ1) is 11.9. The molecule has 2 heterocycles. The number of carbonyl (C=O) groups excluding carboxylic acids is 3. The minimum Gasteiger partial charge on any atom is -0.465 e. The molecule has 0 saturated carbocycles. The van der Waals surface area contributed by atoms with Crippen LogP contribution in [0.4, 0.5) is 0 Å². The minimum atomic E-state index is -0.624. The van der Waals surface area contributed by atoms with Gasteiger partial charge in [0.05, 0.1) is 19.6 Å². The molecule has 1 N–H and O–H groups in total. The van der Waals surface area contributed by atoms with Crippen molar-refractivity contribution in [2.75, 3.05) is 39.3 Å². The largest absolute Gasteiger partial charge is 0.465 e. The second-order valence-corrected chi connectivity index (χ2v) is 7.62. The lowest BCUT2D eigenvalue weighted by Gasteiger charge is -2.37. The van der Waals surface area contributed by atoms with Gasteiger partial charge in [0.2, 0.25) is 11.8 Å². The van der Waals surface area contributed by atoms with Crippen molar-refractivity contribution < 1.29 is 19.1 Å². The van der Waals surface area contributed by atoms with Gasteiger partial charge in [-0.25, -0.2) is 0 Å². The summed E-state index contributed by atoms with van der Waals surface area (Å²) in [6.45, 7) is 9.29. The molecule has 2 saturated heterocycles. The Morgan fingerprint density at radius 3 is 2.56 bits per heavy atom. The van der Waals surface area contributed by atoms with E-state index in [1.54, 1.807) is 0 Å². The maximum Gasteiger partial charge on any atom is 0.307 e. The number of rotatable bonds is 6. The van der Waals surface area contributed by atoms with Crippen LogP contribution in [0.15, 0.2) is 0 Å². The number of hydrogen-bond donors (Lipinski definition) is 1. The van der Waals surface area contributed by atoms with Crippen LogP contribution in [0.1, 0.15) is 40.0 Å². The van der Waals surface area contributed by atoms with Gasteiger partial charge in [0.25, 0.3) is 0 Å². The number of carbonyl (C=O) groups is 3. The van der Waals surface area contributed by atoms with Crippen molar-refractivity contribution in [1.82, 2.24) is 15.1 Å². The van der Waals surface area contributed by atoms with Crippen molar-refractivity contribution in [3.8, 4) is 0 Å². The molecule has 2 rings (SSSR count). The Morgan fingerprint density at radius 2 is 1.92 bits per heavy atom. The molecule has 25 heavy (non-hydrogen) atoms. The number of ether oxygens (including phenoxy) is 1. The van der Waals surface area contributed by atoms with Crippen LogP contribution in [0, 0.1) is 11.8 Å². The second kappa shape index (κ2) is 9.17. The molecule has 2 aliphatic heterocycles. The maximum atomic E-state index is 12.6. The first-order valence-electron chi connectivity index (χ1n) is 9.32. The fourth-order valence-electron chi connectivity index (χ4n) is 3.18. The van der Waals surface area contributed by atoms with E-state index in [0.717, 1.165) is 25.9 Å². The molecule has 7 nitrogen and oxygen atoms in total. The molecule has 0 aromatic carbocycles. The standard InChI is InChI=1S/C18H31N3O4/c1-13(2)12-25-17(23)10-15-18(24)19-6-9-21(15)11-16(22)20-7-4-14(3)5-8-20/h13-15H,4-12H2,1-3H3,(H,19,24). The van der Waals surface area contributed by atoms with Crippen molar-refractivity contribution in [1.29, 1.82) is 0 Å². The predicted molar refractivity (Wildman–Crippen MR) is 93.8 cm³/mol. The van der Waals surface area contributed by atoms with Crippen LogP contribution in [-0.2, 0) is 19.1 Å². The second-order valence-electron chi connectivity index (χ2n) is 7.62. The van der Waals surface area contributed by atoms with E-state index >= 15 is 0 Å². The third-order valence-electron chi connectivity index (χ3n) is 4.85. The Hall–Kier alpha value is -1.63. The van der Waals surface area contributed by atoms with Crippen LogP contribution in [0.25, 0.3) is 0 Å². The minimum absolute atomic E-state index is 0.0110. The number of hydrogen-bond acceptors (Lipinski definition) is 5. The zero-order valence-corrected chi connectivity index (χ0v) is 15.6. The average molecular weight is 353 g/mol. The summed E-state index contributed by atoms with van der Waals surface area (Å²) in [5.74, 6) is 0.367. The topological polar surface area (TPSA) is 79.0 Å². The number of nitrogens with zero attached hydrogens (tertiary/aromatic N) is 2. The van der Waals surface area contributed by atoms with Gasteiger partial charge in [-0.2, -0.15) is 0 Å². The van der Waals surface area contributed by atoms with Crippen LogP contribution in [0.2, 0.25) is 0 Å². The Labute approximate surface area is 150 Å². The van der Waals surface area contributed by atoms with E-state index < -0.39 is 6.04 Å². The lowest BCUT2D eigenvalue weighted by Crippen LogP contribution is -2.58. The fourth-order valence-corrected chi connectivity index (χ4v) is 3.18. The number of amides is 2. The van der Waals surface area contributed by atoms with Gasteiger partial charge >= 0.3 is 5.97 Å². The maximum absolute atomic E-state index is 12.6. The van der Waals surface area contributed by atoms with Gasteiger partial charge in [-0.15, -0.1) is 0 Å². The van der Waals surface area contributed by atoms with E-state index in [2.05, 4.69) is 12.2 Å². The molecule has 1 unspecified atom stereocenters. The van der Waals surface area contributed by atoms with Gasteiger partial charge < -0.3 is 15.0 Å². The predicted octanol–water partition coefficient (Wildman–Crippen LogP) is 0.635. The molecule has 7 heteroatoms. The Kier molecular flexibility index (Phi) is 7.23. The highest BCUT2D eigenvalue weighted by molar-refractivity contribution is 5.88. The van der Waals surface area contributed by atoms with Crippen molar-refractivity contribution in [3.05, 3.63) is 0 Å². The van der Waals surface area contributed by atoms with Gasteiger partial charge in [-0.05, 0) is 24.7 Å². The summed E-state index contributed by atoms with van der Waals surface area (Å²) in [5.41, 5.74) is 0. The summed E-state index contributed by atoms with van der Waals surface area (Å²) in [4.78, 5) is 40.5. The van der Waals surface area contributed by atoms with E-state index in [1.165, 1.54) is 0 Å². The lowest BCUT2D eigenvalue weighted by atomic mass is 9.99. The molecule has 0 aliphatic carbocycles. The van der Waals surface area contributed by atoms with Crippen LogP contribution in [0.5, 0.6) is 0 Å². The summed E-state index contributed by atoms with van der Waals surface area (Å²) in [6.07, 6.45) is 2.04. The number of esters is 1. The fraction of sp³-hybridized carbons (Fsp3) is 0.833. The summed E-state index contributed by atoms with van der Waals surface area (Å²) < 4.78 is 5.20. The number of piperazine rings is 1. The molecule has 0 bridgehead atoms. The SMILES string of the molecule is CC(C)COC(=O)CC1C(=O)NCCN1CC(=O)N1CCC(C)CC1. The first kappa shape index (κ1) is 19.7. The highest BCUT2D eigenvalue weighted by atomic mass is 16.5. The zero-order valence-electron chi connectivity index (χ0n) is 15.6. The molecular formula is C18H31N3O4. The van der Waals surface area contributed by atoms with E-state index in [4.69, 9.17) is 4.74 Å². The molecule has 0 aromatic heterocycles. The number of piperidine rings is 1. The molecule has 1 atom stereocenters. The van der Waals surface area contributed by atoms with Crippen LogP contribution < -0.4 is 5.32 Å². The van der Waals surface area contributed by atoms with Gasteiger partial charge in [-0.3, -0.25) is 19.3 Å². The summed E-state index contributed by atoms with van der Waals surface area (Å²) in [6, 6.07) is -0.624. The van der Waals surface area contributed by atoms with Crippen molar-refractivity contribution >= 4 is 17.8 Å². The van der Waals surface area contributed by atoms with Crippen LogP contribution in [-0.4, -0.2) is 73.0 Å². The van der Waals surface area contributed by atoms with E-state index in [-0.39, 0.29) is 36.7 Å². The van der Waals surface area contributed by atoms with Gasteiger partial charge in [0.1, 0.15) is 6.04 Å². The molecule has 2 fully saturated rings. The van der Waals surface area contributed by atoms with Crippen molar-refractivity contribution in [2.45, 2.75) is 46.1 Å². The normalized spacial score (nSPS) is 22.8.